The van der Waals surface area contributed by atoms with Crippen LogP contribution in [-0.2, 0) is 0 Å². The zero-order valence-corrected chi connectivity index (χ0v) is 12.5. The molecule has 1 atom stereocenters. The SMILES string of the molecule is CCCNC(C)c1ccccc1OCC1(CC#N)CC1. The zero-order valence-electron chi connectivity index (χ0n) is 12.5. The van der Waals surface area contributed by atoms with Gasteiger partial charge in [-0.1, -0.05) is 25.1 Å². The molecule has 3 heteroatoms. The molecule has 1 aromatic rings. The predicted molar refractivity (Wildman–Crippen MR) is 80.5 cm³/mol. The Morgan fingerprint density at radius 3 is 2.80 bits per heavy atom. The molecule has 2 rings (SSSR count). The van der Waals surface area contributed by atoms with Crippen molar-refractivity contribution >= 4 is 0 Å². The summed E-state index contributed by atoms with van der Waals surface area (Å²) in [6.45, 7) is 6.01. The molecule has 1 aromatic carbocycles. The van der Waals surface area contributed by atoms with Crippen molar-refractivity contribution < 1.29 is 4.74 Å². The second kappa shape index (κ2) is 6.76. The molecule has 1 N–H and O–H groups in total. The molecule has 0 aromatic heterocycles. The van der Waals surface area contributed by atoms with Crippen LogP contribution in [0.15, 0.2) is 24.3 Å². The molecule has 0 heterocycles. The minimum Gasteiger partial charge on any atom is -0.493 e. The highest BCUT2D eigenvalue weighted by Crippen LogP contribution is 2.48. The molecule has 0 aliphatic heterocycles. The van der Waals surface area contributed by atoms with Gasteiger partial charge in [-0.3, -0.25) is 0 Å². The lowest BCUT2D eigenvalue weighted by atomic mass is 10.0. The van der Waals surface area contributed by atoms with Gasteiger partial charge < -0.3 is 10.1 Å². The molecule has 1 aliphatic carbocycles. The quantitative estimate of drug-likeness (QED) is 0.782. The normalized spacial score (nSPS) is 17.2. The lowest BCUT2D eigenvalue weighted by Crippen LogP contribution is -2.21. The first-order valence-corrected chi connectivity index (χ1v) is 7.53. The van der Waals surface area contributed by atoms with Crippen LogP contribution in [0.1, 0.15) is 51.1 Å². The first kappa shape index (κ1) is 14.9. The van der Waals surface area contributed by atoms with E-state index in [1.54, 1.807) is 0 Å². The Bertz CT molecular complexity index is 474. The first-order chi connectivity index (χ1) is 9.71. The van der Waals surface area contributed by atoms with Gasteiger partial charge in [0.15, 0.2) is 0 Å². The molecule has 20 heavy (non-hydrogen) atoms. The Morgan fingerprint density at radius 1 is 1.40 bits per heavy atom. The van der Waals surface area contributed by atoms with Gasteiger partial charge >= 0.3 is 0 Å². The number of nitrogens with one attached hydrogen (secondary N) is 1. The smallest absolute Gasteiger partial charge is 0.124 e. The van der Waals surface area contributed by atoms with Gasteiger partial charge in [0.25, 0.3) is 0 Å². The van der Waals surface area contributed by atoms with Gasteiger partial charge in [-0.2, -0.15) is 5.26 Å². The molecular weight excluding hydrogens is 248 g/mol. The van der Waals surface area contributed by atoms with Gasteiger partial charge in [0.05, 0.1) is 12.7 Å². The highest BCUT2D eigenvalue weighted by Gasteiger charge is 2.43. The Kier molecular flexibility index (Phi) is 5.03. The largest absolute Gasteiger partial charge is 0.493 e. The van der Waals surface area contributed by atoms with E-state index in [9.17, 15) is 0 Å². The van der Waals surface area contributed by atoms with E-state index in [-0.39, 0.29) is 11.5 Å². The van der Waals surface area contributed by atoms with E-state index < -0.39 is 0 Å². The third kappa shape index (κ3) is 3.74. The number of benzene rings is 1. The van der Waals surface area contributed by atoms with E-state index in [1.807, 2.05) is 12.1 Å². The maximum absolute atomic E-state index is 8.86. The van der Waals surface area contributed by atoms with Crippen molar-refractivity contribution in [3.8, 4) is 11.8 Å². The lowest BCUT2D eigenvalue weighted by Gasteiger charge is -2.20. The van der Waals surface area contributed by atoms with E-state index in [0.717, 1.165) is 31.6 Å². The monoisotopic (exact) mass is 272 g/mol. The average molecular weight is 272 g/mol. The van der Waals surface area contributed by atoms with Gasteiger partial charge in [0.2, 0.25) is 0 Å². The fourth-order valence-corrected chi connectivity index (χ4v) is 2.39. The fourth-order valence-electron chi connectivity index (χ4n) is 2.39. The van der Waals surface area contributed by atoms with Gasteiger partial charge in [-0.15, -0.1) is 0 Å². The summed E-state index contributed by atoms with van der Waals surface area (Å²) in [5.74, 6) is 0.952. The minimum atomic E-state index is 0.127. The van der Waals surface area contributed by atoms with E-state index in [1.165, 1.54) is 5.56 Å². The third-order valence-electron chi connectivity index (χ3n) is 4.03. The topological polar surface area (TPSA) is 45.0 Å². The molecule has 0 radical (unpaired) electrons. The van der Waals surface area contributed by atoms with Crippen LogP contribution in [0.4, 0.5) is 0 Å². The number of hydrogen-bond acceptors (Lipinski definition) is 3. The average Bonchev–Trinajstić information content (AvgIpc) is 3.23. The number of para-hydroxylation sites is 1. The summed E-state index contributed by atoms with van der Waals surface area (Å²) in [7, 11) is 0. The minimum absolute atomic E-state index is 0.127. The summed E-state index contributed by atoms with van der Waals surface area (Å²) in [5.41, 5.74) is 1.33. The van der Waals surface area contributed by atoms with Crippen molar-refractivity contribution in [2.24, 2.45) is 5.41 Å². The van der Waals surface area contributed by atoms with E-state index in [0.29, 0.717) is 13.0 Å². The van der Waals surface area contributed by atoms with Gasteiger partial charge in [-0.05, 0) is 38.8 Å². The maximum Gasteiger partial charge on any atom is 0.124 e. The molecular formula is C17H24N2O. The molecule has 0 saturated heterocycles. The number of rotatable bonds is 8. The van der Waals surface area contributed by atoms with Crippen LogP contribution in [0, 0.1) is 16.7 Å². The number of nitriles is 1. The second-order valence-corrected chi connectivity index (χ2v) is 5.84. The second-order valence-electron chi connectivity index (χ2n) is 5.84. The van der Waals surface area contributed by atoms with Crippen LogP contribution in [0.2, 0.25) is 0 Å². The maximum atomic E-state index is 8.86. The first-order valence-electron chi connectivity index (χ1n) is 7.53. The van der Waals surface area contributed by atoms with Crippen LogP contribution < -0.4 is 10.1 Å². The highest BCUT2D eigenvalue weighted by atomic mass is 16.5. The molecule has 0 bridgehead atoms. The molecule has 1 aliphatic rings. The van der Waals surface area contributed by atoms with E-state index in [4.69, 9.17) is 10.00 Å². The highest BCUT2D eigenvalue weighted by molar-refractivity contribution is 5.35. The van der Waals surface area contributed by atoms with Gasteiger partial charge in [0, 0.05) is 23.4 Å². The molecule has 108 valence electrons. The summed E-state index contributed by atoms with van der Waals surface area (Å²) < 4.78 is 6.03. The third-order valence-corrected chi connectivity index (χ3v) is 4.03. The molecule has 1 unspecified atom stereocenters. The number of ether oxygens (including phenoxy) is 1. The van der Waals surface area contributed by atoms with Crippen LogP contribution >= 0.6 is 0 Å². The molecule has 0 amide bonds. The fraction of sp³-hybridized carbons (Fsp3) is 0.588. The summed E-state index contributed by atoms with van der Waals surface area (Å²) in [6, 6.07) is 10.8. The molecule has 0 spiro atoms. The van der Waals surface area contributed by atoms with Crippen molar-refractivity contribution in [1.82, 2.24) is 5.32 Å². The van der Waals surface area contributed by atoms with Crippen molar-refractivity contribution in [3.05, 3.63) is 29.8 Å². The van der Waals surface area contributed by atoms with Gasteiger partial charge in [-0.25, -0.2) is 0 Å². The Labute approximate surface area is 121 Å². The van der Waals surface area contributed by atoms with Crippen molar-refractivity contribution in [2.45, 2.75) is 45.6 Å². The van der Waals surface area contributed by atoms with Crippen molar-refractivity contribution in [1.29, 1.82) is 5.26 Å². The molecule has 1 fully saturated rings. The molecule has 3 nitrogen and oxygen atoms in total. The van der Waals surface area contributed by atoms with Crippen molar-refractivity contribution in [3.63, 3.8) is 0 Å². The van der Waals surface area contributed by atoms with Crippen LogP contribution in [-0.4, -0.2) is 13.2 Å². The molecule has 1 saturated carbocycles. The summed E-state index contributed by atoms with van der Waals surface area (Å²) in [5, 5.41) is 12.4. The lowest BCUT2D eigenvalue weighted by molar-refractivity contribution is 0.233. The Balaban J connectivity index is 1.99. The number of hydrogen-bond donors (Lipinski definition) is 1. The Hall–Kier alpha value is -1.53. The van der Waals surface area contributed by atoms with E-state index >= 15 is 0 Å². The zero-order chi connectivity index (χ0) is 14.4. The van der Waals surface area contributed by atoms with Crippen LogP contribution in [0.25, 0.3) is 0 Å². The standard InChI is InChI=1S/C17H24N2O/c1-3-12-19-14(2)15-6-4-5-7-16(15)20-13-17(8-9-17)10-11-18/h4-7,14,19H,3,8-10,12-13H2,1-2H3. The van der Waals surface area contributed by atoms with Crippen molar-refractivity contribution in [2.75, 3.05) is 13.2 Å². The summed E-state index contributed by atoms with van der Waals surface area (Å²) in [6.07, 6.45) is 3.97. The van der Waals surface area contributed by atoms with Gasteiger partial charge in [0.1, 0.15) is 5.75 Å². The van der Waals surface area contributed by atoms with Crippen LogP contribution in [0.5, 0.6) is 5.75 Å². The van der Waals surface area contributed by atoms with Crippen LogP contribution in [0.3, 0.4) is 0 Å². The summed E-state index contributed by atoms with van der Waals surface area (Å²) >= 11 is 0. The Morgan fingerprint density at radius 2 is 2.15 bits per heavy atom. The summed E-state index contributed by atoms with van der Waals surface area (Å²) in [4.78, 5) is 0. The predicted octanol–water partition coefficient (Wildman–Crippen LogP) is 3.82. The number of nitrogens with zero attached hydrogens (tertiary/aromatic N) is 1. The van der Waals surface area contributed by atoms with E-state index in [2.05, 4.69) is 37.4 Å².